The minimum Gasteiger partial charge on any atom is -0.342 e. The third-order valence-electron chi connectivity index (χ3n) is 5.79. The van der Waals surface area contributed by atoms with Crippen molar-refractivity contribution in [2.75, 3.05) is 6.54 Å². The van der Waals surface area contributed by atoms with Gasteiger partial charge in [-0.05, 0) is 44.4 Å². The molecule has 1 N–H and O–H groups in total. The summed E-state index contributed by atoms with van der Waals surface area (Å²) in [7, 11) is 0. The van der Waals surface area contributed by atoms with Gasteiger partial charge < -0.3 is 10.2 Å². The normalized spacial score (nSPS) is 30.9. The minimum absolute atomic E-state index is 0.0121. The van der Waals surface area contributed by atoms with Crippen LogP contribution in [0.25, 0.3) is 0 Å². The maximum Gasteiger partial charge on any atom is 0.246 e. The predicted molar refractivity (Wildman–Crippen MR) is 77.1 cm³/mol. The first-order valence-corrected chi connectivity index (χ1v) is 8.27. The number of nitrogens with zero attached hydrogens (tertiary/aromatic N) is 1. The molecule has 0 spiro atoms. The fourth-order valence-corrected chi connectivity index (χ4v) is 4.26. The first-order valence-electron chi connectivity index (χ1n) is 8.27. The average Bonchev–Trinajstić information content (AvgIpc) is 2.42. The topological polar surface area (TPSA) is 49.4 Å². The van der Waals surface area contributed by atoms with E-state index in [2.05, 4.69) is 12.2 Å². The highest BCUT2D eigenvalue weighted by molar-refractivity contribution is 5.95. The summed E-state index contributed by atoms with van der Waals surface area (Å²) < 4.78 is 0. The Balaban J connectivity index is 1.78. The van der Waals surface area contributed by atoms with E-state index >= 15 is 0 Å². The lowest BCUT2D eigenvalue weighted by atomic mass is 9.72. The quantitative estimate of drug-likeness (QED) is 0.860. The van der Waals surface area contributed by atoms with E-state index in [1.54, 1.807) is 0 Å². The van der Waals surface area contributed by atoms with Crippen molar-refractivity contribution in [1.29, 1.82) is 0 Å². The van der Waals surface area contributed by atoms with Crippen molar-refractivity contribution in [1.82, 2.24) is 10.2 Å². The predicted octanol–water partition coefficient (Wildman–Crippen LogP) is 2.23. The van der Waals surface area contributed by atoms with Crippen LogP contribution in [-0.2, 0) is 9.59 Å². The van der Waals surface area contributed by atoms with Gasteiger partial charge in [0.15, 0.2) is 0 Å². The molecule has 1 heterocycles. The fraction of sp³-hybridized carbons (Fsp3) is 0.875. The Morgan fingerprint density at radius 2 is 1.85 bits per heavy atom. The first kappa shape index (κ1) is 13.9. The van der Waals surface area contributed by atoms with Gasteiger partial charge >= 0.3 is 0 Å². The molecule has 1 saturated heterocycles. The third kappa shape index (κ3) is 2.23. The summed E-state index contributed by atoms with van der Waals surface area (Å²) in [4.78, 5) is 26.9. The molecule has 1 atom stereocenters. The smallest absolute Gasteiger partial charge is 0.246 e. The molecule has 4 nitrogen and oxygen atoms in total. The molecule has 1 aliphatic heterocycles. The zero-order valence-electron chi connectivity index (χ0n) is 12.5. The number of carbonyl (C=O) groups is 2. The summed E-state index contributed by atoms with van der Waals surface area (Å²) in [6, 6.07) is -0.249. The zero-order chi connectivity index (χ0) is 14.2. The number of piperazine rings is 1. The Morgan fingerprint density at radius 1 is 1.15 bits per heavy atom. The highest BCUT2D eigenvalue weighted by Gasteiger charge is 2.49. The molecule has 2 amide bonds. The summed E-state index contributed by atoms with van der Waals surface area (Å²) in [6.07, 6.45) is 10.1. The Morgan fingerprint density at radius 3 is 2.40 bits per heavy atom. The monoisotopic (exact) mass is 278 g/mol. The lowest BCUT2D eigenvalue weighted by Gasteiger charge is -2.53. The van der Waals surface area contributed by atoms with Crippen LogP contribution in [0, 0.1) is 5.92 Å². The molecule has 0 bridgehead atoms. The van der Waals surface area contributed by atoms with E-state index < -0.39 is 0 Å². The van der Waals surface area contributed by atoms with Crippen molar-refractivity contribution in [3.63, 3.8) is 0 Å². The van der Waals surface area contributed by atoms with Crippen molar-refractivity contribution < 1.29 is 9.59 Å². The third-order valence-corrected chi connectivity index (χ3v) is 5.79. The molecule has 0 aromatic rings. The van der Waals surface area contributed by atoms with E-state index in [4.69, 9.17) is 0 Å². The van der Waals surface area contributed by atoms with E-state index in [9.17, 15) is 9.59 Å². The Hall–Kier alpha value is -1.06. The van der Waals surface area contributed by atoms with Gasteiger partial charge in [0.05, 0.1) is 0 Å². The van der Waals surface area contributed by atoms with E-state index in [0.29, 0.717) is 5.92 Å². The van der Waals surface area contributed by atoms with Crippen LogP contribution < -0.4 is 5.32 Å². The van der Waals surface area contributed by atoms with Gasteiger partial charge in [0.1, 0.15) is 12.6 Å². The van der Waals surface area contributed by atoms with Crippen LogP contribution in [0.2, 0.25) is 0 Å². The maximum atomic E-state index is 12.9. The van der Waals surface area contributed by atoms with Crippen LogP contribution in [0.1, 0.15) is 64.7 Å². The largest absolute Gasteiger partial charge is 0.342 e. The van der Waals surface area contributed by atoms with Gasteiger partial charge in [-0.3, -0.25) is 9.59 Å². The number of hydrogen-bond donors (Lipinski definition) is 1. The zero-order valence-corrected chi connectivity index (χ0v) is 12.5. The lowest BCUT2D eigenvalue weighted by molar-refractivity contribution is -0.157. The molecule has 2 saturated carbocycles. The summed E-state index contributed by atoms with van der Waals surface area (Å²) >= 11 is 0. The van der Waals surface area contributed by atoms with Gasteiger partial charge in [0.25, 0.3) is 0 Å². The average molecular weight is 278 g/mol. The van der Waals surface area contributed by atoms with Crippen LogP contribution >= 0.6 is 0 Å². The van der Waals surface area contributed by atoms with Crippen LogP contribution in [0.15, 0.2) is 0 Å². The molecular weight excluding hydrogens is 252 g/mol. The van der Waals surface area contributed by atoms with E-state index in [-0.39, 0.29) is 29.9 Å². The Kier molecular flexibility index (Phi) is 3.74. The van der Waals surface area contributed by atoms with E-state index in [1.807, 2.05) is 4.90 Å². The van der Waals surface area contributed by atoms with Gasteiger partial charge in [0, 0.05) is 5.54 Å². The number of nitrogens with one attached hydrogen (secondary N) is 1. The standard InChI is InChI=1S/C16H26N2O2/c1-2-16(9-6-10-16)18-11-13(19)17-14(15(18)20)12-7-4-3-5-8-12/h12,14H,2-11H2,1H3,(H,17,19). The van der Waals surface area contributed by atoms with Gasteiger partial charge in [-0.25, -0.2) is 0 Å². The first-order chi connectivity index (χ1) is 9.66. The molecule has 3 aliphatic rings. The van der Waals surface area contributed by atoms with Gasteiger partial charge in [0.2, 0.25) is 11.8 Å². The Labute approximate surface area is 121 Å². The fourth-order valence-electron chi connectivity index (χ4n) is 4.26. The van der Waals surface area contributed by atoms with Crippen molar-refractivity contribution in [2.45, 2.75) is 76.3 Å². The molecule has 4 heteroatoms. The molecule has 2 aliphatic carbocycles. The number of rotatable bonds is 3. The number of amides is 2. The molecule has 112 valence electrons. The molecule has 3 rings (SSSR count). The second kappa shape index (κ2) is 5.38. The second-order valence-electron chi connectivity index (χ2n) is 6.80. The molecule has 3 fully saturated rings. The molecule has 1 unspecified atom stereocenters. The van der Waals surface area contributed by atoms with Crippen LogP contribution in [0.3, 0.4) is 0 Å². The number of hydrogen-bond acceptors (Lipinski definition) is 2. The molecule has 20 heavy (non-hydrogen) atoms. The van der Waals surface area contributed by atoms with Gasteiger partial charge in [-0.1, -0.05) is 26.2 Å². The molecule has 0 aromatic carbocycles. The molecular formula is C16H26N2O2. The highest BCUT2D eigenvalue weighted by Crippen LogP contribution is 2.42. The lowest BCUT2D eigenvalue weighted by Crippen LogP contribution is -2.68. The van der Waals surface area contributed by atoms with Crippen LogP contribution in [0.5, 0.6) is 0 Å². The van der Waals surface area contributed by atoms with Crippen LogP contribution in [0.4, 0.5) is 0 Å². The van der Waals surface area contributed by atoms with Crippen molar-refractivity contribution in [3.05, 3.63) is 0 Å². The minimum atomic E-state index is -0.249. The van der Waals surface area contributed by atoms with Crippen molar-refractivity contribution in [3.8, 4) is 0 Å². The summed E-state index contributed by atoms with van der Waals surface area (Å²) in [5.41, 5.74) is -0.0121. The van der Waals surface area contributed by atoms with E-state index in [0.717, 1.165) is 32.1 Å². The SMILES string of the molecule is CCC1(N2CC(=O)NC(C3CCCCC3)C2=O)CCC1. The molecule has 0 aromatic heterocycles. The maximum absolute atomic E-state index is 12.9. The van der Waals surface area contributed by atoms with Crippen LogP contribution in [-0.4, -0.2) is 34.8 Å². The van der Waals surface area contributed by atoms with E-state index in [1.165, 1.54) is 25.7 Å². The van der Waals surface area contributed by atoms with Crippen molar-refractivity contribution in [2.24, 2.45) is 5.92 Å². The second-order valence-corrected chi connectivity index (χ2v) is 6.80. The van der Waals surface area contributed by atoms with Gasteiger partial charge in [-0.15, -0.1) is 0 Å². The highest BCUT2D eigenvalue weighted by atomic mass is 16.2. The summed E-state index contributed by atoms with van der Waals surface area (Å²) in [5, 5.41) is 2.98. The van der Waals surface area contributed by atoms with Crippen molar-refractivity contribution >= 4 is 11.8 Å². The Bertz CT molecular complexity index is 392. The molecule has 0 radical (unpaired) electrons. The number of carbonyl (C=O) groups excluding carboxylic acids is 2. The summed E-state index contributed by atoms with van der Waals surface area (Å²) in [6.45, 7) is 2.42. The van der Waals surface area contributed by atoms with Gasteiger partial charge in [-0.2, -0.15) is 0 Å². The summed E-state index contributed by atoms with van der Waals surface area (Å²) in [5.74, 6) is 0.593.